The van der Waals surface area contributed by atoms with Crippen molar-refractivity contribution >= 4 is 27.4 Å². The molecule has 0 aliphatic carbocycles. The number of carbonyl (C=O) groups is 1. The highest BCUT2D eigenvalue weighted by Crippen LogP contribution is 2.32. The van der Waals surface area contributed by atoms with Crippen molar-refractivity contribution in [1.29, 1.82) is 0 Å². The second-order valence-electron chi connectivity index (χ2n) is 2.41. The smallest absolute Gasteiger partial charge is 0.162 e. The van der Waals surface area contributed by atoms with Crippen LogP contribution in [-0.2, 0) is 0 Å². The first-order valence-corrected chi connectivity index (χ1v) is 4.11. The fourth-order valence-corrected chi connectivity index (χ4v) is 1.23. The first-order chi connectivity index (χ1) is 5.54. The lowest BCUT2D eigenvalue weighted by Gasteiger charge is -2.04. The van der Waals surface area contributed by atoms with Gasteiger partial charge in [0.15, 0.2) is 11.5 Å². The number of Topliss-reactive ketones (excluding diaryl/α,β-unsaturated/α-hetero) is 1. The molecule has 1 rings (SSSR count). The zero-order chi connectivity index (χ0) is 9.30. The fourth-order valence-electron chi connectivity index (χ4n) is 0.888. The van der Waals surface area contributed by atoms with Crippen molar-refractivity contribution in [2.45, 2.75) is 6.92 Å². The molecule has 64 valence electrons. The van der Waals surface area contributed by atoms with Crippen molar-refractivity contribution in [3.05, 3.63) is 22.2 Å². The van der Waals surface area contributed by atoms with E-state index in [2.05, 4.69) is 15.9 Å². The first kappa shape index (κ1) is 9.06. The number of anilines is 1. The Hall–Kier alpha value is -1.03. The second-order valence-corrected chi connectivity index (χ2v) is 3.27. The van der Waals surface area contributed by atoms with Crippen molar-refractivity contribution in [3.8, 4) is 5.75 Å². The SMILES string of the molecule is CC(=O)c1ccc(Br)c(O)c1N. The Morgan fingerprint density at radius 1 is 1.58 bits per heavy atom. The Morgan fingerprint density at radius 3 is 2.67 bits per heavy atom. The molecule has 0 fully saturated rings. The van der Waals surface area contributed by atoms with Gasteiger partial charge in [-0.2, -0.15) is 0 Å². The van der Waals surface area contributed by atoms with Crippen LogP contribution in [0.25, 0.3) is 0 Å². The van der Waals surface area contributed by atoms with Crippen LogP contribution in [0, 0.1) is 0 Å². The summed E-state index contributed by atoms with van der Waals surface area (Å²) in [5.41, 5.74) is 5.95. The first-order valence-electron chi connectivity index (χ1n) is 3.32. The number of benzene rings is 1. The molecule has 0 atom stereocenters. The van der Waals surface area contributed by atoms with Gasteiger partial charge in [-0.1, -0.05) is 0 Å². The Balaban J connectivity index is 3.36. The average Bonchev–Trinajstić information content (AvgIpc) is 2.00. The highest BCUT2D eigenvalue weighted by Gasteiger charge is 2.10. The number of hydrogen-bond donors (Lipinski definition) is 2. The fraction of sp³-hybridized carbons (Fsp3) is 0.125. The van der Waals surface area contributed by atoms with E-state index in [0.717, 1.165) is 0 Å². The van der Waals surface area contributed by atoms with E-state index in [1.54, 1.807) is 12.1 Å². The number of aromatic hydroxyl groups is 1. The van der Waals surface area contributed by atoms with E-state index in [-0.39, 0.29) is 17.2 Å². The van der Waals surface area contributed by atoms with Crippen molar-refractivity contribution in [1.82, 2.24) is 0 Å². The van der Waals surface area contributed by atoms with Crippen molar-refractivity contribution in [2.75, 3.05) is 5.73 Å². The molecule has 0 unspecified atom stereocenters. The van der Waals surface area contributed by atoms with E-state index >= 15 is 0 Å². The predicted octanol–water partition coefficient (Wildman–Crippen LogP) is 1.94. The van der Waals surface area contributed by atoms with E-state index in [0.29, 0.717) is 10.0 Å². The maximum atomic E-state index is 10.9. The Bertz CT molecular complexity index is 336. The van der Waals surface area contributed by atoms with Crippen molar-refractivity contribution < 1.29 is 9.90 Å². The summed E-state index contributed by atoms with van der Waals surface area (Å²) in [6, 6.07) is 3.16. The summed E-state index contributed by atoms with van der Waals surface area (Å²) in [5.74, 6) is -0.238. The van der Waals surface area contributed by atoms with Gasteiger partial charge in [0.2, 0.25) is 0 Å². The van der Waals surface area contributed by atoms with Crippen molar-refractivity contribution in [3.63, 3.8) is 0 Å². The van der Waals surface area contributed by atoms with Gasteiger partial charge in [-0.15, -0.1) is 0 Å². The largest absolute Gasteiger partial charge is 0.505 e. The van der Waals surface area contributed by atoms with Gasteiger partial charge < -0.3 is 10.8 Å². The average molecular weight is 230 g/mol. The summed E-state index contributed by atoms with van der Waals surface area (Å²) in [6.07, 6.45) is 0. The summed E-state index contributed by atoms with van der Waals surface area (Å²) in [6.45, 7) is 1.40. The molecule has 12 heavy (non-hydrogen) atoms. The summed E-state index contributed by atoms with van der Waals surface area (Å²) < 4.78 is 0.491. The zero-order valence-electron chi connectivity index (χ0n) is 6.47. The highest BCUT2D eigenvalue weighted by atomic mass is 79.9. The van der Waals surface area contributed by atoms with E-state index in [9.17, 15) is 9.90 Å². The van der Waals surface area contributed by atoms with Gasteiger partial charge in [0.1, 0.15) is 0 Å². The van der Waals surface area contributed by atoms with Crippen LogP contribution in [0.15, 0.2) is 16.6 Å². The Kier molecular flexibility index (Phi) is 2.38. The van der Waals surface area contributed by atoms with Crippen LogP contribution in [0.3, 0.4) is 0 Å². The number of nitrogen functional groups attached to an aromatic ring is 1. The van der Waals surface area contributed by atoms with Crippen LogP contribution in [0.2, 0.25) is 0 Å². The monoisotopic (exact) mass is 229 g/mol. The molecule has 0 spiro atoms. The summed E-state index contributed by atoms with van der Waals surface area (Å²) >= 11 is 3.09. The number of ketones is 1. The number of rotatable bonds is 1. The molecule has 0 bridgehead atoms. The number of nitrogens with two attached hydrogens (primary N) is 1. The number of phenolic OH excluding ortho intramolecular Hbond substituents is 1. The van der Waals surface area contributed by atoms with E-state index < -0.39 is 0 Å². The molecule has 3 nitrogen and oxygen atoms in total. The maximum Gasteiger partial charge on any atom is 0.162 e. The lowest BCUT2D eigenvalue weighted by atomic mass is 10.1. The molecule has 0 aromatic heterocycles. The van der Waals surface area contributed by atoms with Crippen LogP contribution in [0.5, 0.6) is 5.75 Å². The maximum absolute atomic E-state index is 10.9. The third-order valence-electron chi connectivity index (χ3n) is 1.55. The third-order valence-corrected chi connectivity index (χ3v) is 2.19. The minimum absolute atomic E-state index is 0.0808. The predicted molar refractivity (Wildman–Crippen MR) is 50.2 cm³/mol. The minimum Gasteiger partial charge on any atom is -0.505 e. The lowest BCUT2D eigenvalue weighted by Crippen LogP contribution is -1.99. The van der Waals surface area contributed by atoms with Gasteiger partial charge in [-0.25, -0.2) is 0 Å². The van der Waals surface area contributed by atoms with Gasteiger partial charge in [0, 0.05) is 5.56 Å². The molecule has 0 saturated carbocycles. The summed E-state index contributed by atoms with van der Waals surface area (Å²) in [4.78, 5) is 10.9. The quantitative estimate of drug-likeness (QED) is 0.440. The van der Waals surface area contributed by atoms with Crippen LogP contribution in [0.4, 0.5) is 5.69 Å². The van der Waals surface area contributed by atoms with Crippen LogP contribution >= 0.6 is 15.9 Å². The molecule has 0 aliphatic rings. The van der Waals surface area contributed by atoms with Gasteiger partial charge in [0.25, 0.3) is 0 Å². The molecule has 0 radical (unpaired) electrons. The summed E-state index contributed by atoms with van der Waals surface area (Å²) in [5, 5.41) is 9.31. The summed E-state index contributed by atoms with van der Waals surface area (Å²) in [7, 11) is 0. The standard InChI is InChI=1S/C8H8BrNO2/c1-4(11)5-2-3-6(9)8(12)7(5)10/h2-3,12H,10H2,1H3. The van der Waals surface area contributed by atoms with Gasteiger partial charge in [-0.05, 0) is 35.0 Å². The van der Waals surface area contributed by atoms with E-state index in [1.165, 1.54) is 6.92 Å². The molecule has 1 aromatic carbocycles. The molecular weight excluding hydrogens is 222 g/mol. The van der Waals surface area contributed by atoms with Crippen LogP contribution in [-0.4, -0.2) is 10.9 Å². The van der Waals surface area contributed by atoms with E-state index in [1.807, 2.05) is 0 Å². The number of halogens is 1. The third kappa shape index (κ3) is 1.43. The van der Waals surface area contributed by atoms with Gasteiger partial charge in [-0.3, -0.25) is 4.79 Å². The number of phenols is 1. The van der Waals surface area contributed by atoms with Gasteiger partial charge >= 0.3 is 0 Å². The number of hydrogen-bond acceptors (Lipinski definition) is 3. The molecule has 0 heterocycles. The van der Waals surface area contributed by atoms with E-state index in [4.69, 9.17) is 5.73 Å². The van der Waals surface area contributed by atoms with Crippen LogP contribution in [0.1, 0.15) is 17.3 Å². The molecule has 1 aromatic rings. The number of carbonyl (C=O) groups excluding carboxylic acids is 1. The normalized spacial score (nSPS) is 9.83. The molecule has 0 aliphatic heterocycles. The van der Waals surface area contributed by atoms with Gasteiger partial charge in [0.05, 0.1) is 10.2 Å². The van der Waals surface area contributed by atoms with Crippen molar-refractivity contribution in [2.24, 2.45) is 0 Å². The molecule has 0 saturated heterocycles. The Labute approximate surface area is 78.3 Å². The molecular formula is C8H8BrNO2. The minimum atomic E-state index is -0.157. The second kappa shape index (κ2) is 3.15. The lowest BCUT2D eigenvalue weighted by molar-refractivity contribution is 0.101. The zero-order valence-corrected chi connectivity index (χ0v) is 8.05. The topological polar surface area (TPSA) is 63.3 Å². The molecule has 0 amide bonds. The highest BCUT2D eigenvalue weighted by molar-refractivity contribution is 9.10. The molecule has 3 N–H and O–H groups in total. The molecule has 4 heteroatoms. The van der Waals surface area contributed by atoms with Crippen LogP contribution < -0.4 is 5.73 Å². The Morgan fingerprint density at radius 2 is 2.17 bits per heavy atom.